The molecule has 0 aromatic heterocycles. The summed E-state index contributed by atoms with van der Waals surface area (Å²) in [7, 11) is 0. The Morgan fingerprint density at radius 1 is 1.39 bits per heavy atom. The standard InChI is InChI=1S/C13H22N2O3/c1-9(2)12(18)15-11(17)7-10(14)13(8-16)5-3-4-6-13/h7,9,16H,3-6,8,14H2,1-2H3,(H,15,17,18). The van der Waals surface area contributed by atoms with E-state index in [0.29, 0.717) is 5.70 Å². The number of carbonyl (C=O) groups excluding carboxylic acids is 2. The van der Waals surface area contributed by atoms with Crippen LogP contribution in [0.2, 0.25) is 0 Å². The van der Waals surface area contributed by atoms with Gasteiger partial charge in [0.05, 0.1) is 6.61 Å². The van der Waals surface area contributed by atoms with E-state index < -0.39 is 11.3 Å². The van der Waals surface area contributed by atoms with Crippen LogP contribution < -0.4 is 11.1 Å². The van der Waals surface area contributed by atoms with Crippen molar-refractivity contribution in [3.05, 3.63) is 11.8 Å². The Hall–Kier alpha value is -1.36. The van der Waals surface area contributed by atoms with Crippen molar-refractivity contribution in [3.63, 3.8) is 0 Å². The molecule has 0 atom stereocenters. The van der Waals surface area contributed by atoms with Crippen LogP contribution in [0.25, 0.3) is 0 Å². The highest BCUT2D eigenvalue weighted by atomic mass is 16.3. The lowest BCUT2D eigenvalue weighted by molar-refractivity contribution is -0.130. The van der Waals surface area contributed by atoms with E-state index in [-0.39, 0.29) is 18.4 Å². The molecule has 18 heavy (non-hydrogen) atoms. The summed E-state index contributed by atoms with van der Waals surface area (Å²) in [6.07, 6.45) is 4.82. The fourth-order valence-corrected chi connectivity index (χ4v) is 2.19. The van der Waals surface area contributed by atoms with Crippen LogP contribution in [-0.2, 0) is 9.59 Å². The zero-order valence-corrected chi connectivity index (χ0v) is 11.0. The van der Waals surface area contributed by atoms with E-state index >= 15 is 0 Å². The average Bonchev–Trinajstić information content (AvgIpc) is 2.78. The minimum Gasteiger partial charge on any atom is -0.401 e. The summed E-state index contributed by atoms with van der Waals surface area (Å²) in [5.41, 5.74) is 5.80. The van der Waals surface area contributed by atoms with Crippen molar-refractivity contribution in [1.82, 2.24) is 5.32 Å². The molecular formula is C13H22N2O3. The molecule has 0 saturated heterocycles. The molecule has 1 fully saturated rings. The van der Waals surface area contributed by atoms with Gasteiger partial charge in [-0.15, -0.1) is 0 Å². The summed E-state index contributed by atoms with van der Waals surface area (Å²) in [4.78, 5) is 23.0. The molecule has 1 rings (SSSR count). The van der Waals surface area contributed by atoms with Gasteiger partial charge in [0.25, 0.3) is 5.91 Å². The van der Waals surface area contributed by atoms with Gasteiger partial charge in [0.15, 0.2) is 0 Å². The van der Waals surface area contributed by atoms with E-state index in [1.807, 2.05) is 0 Å². The number of nitrogens with one attached hydrogen (secondary N) is 1. The summed E-state index contributed by atoms with van der Waals surface area (Å²) >= 11 is 0. The molecule has 5 heteroatoms. The molecule has 2 amide bonds. The monoisotopic (exact) mass is 254 g/mol. The second-order valence-corrected chi connectivity index (χ2v) is 5.25. The van der Waals surface area contributed by atoms with Gasteiger partial charge in [-0.05, 0) is 12.8 Å². The Morgan fingerprint density at radius 2 is 1.94 bits per heavy atom. The summed E-state index contributed by atoms with van der Waals surface area (Å²) in [5, 5.41) is 11.7. The van der Waals surface area contributed by atoms with E-state index in [4.69, 9.17) is 5.73 Å². The van der Waals surface area contributed by atoms with Crippen LogP contribution in [0.5, 0.6) is 0 Å². The minimum atomic E-state index is -0.508. The highest BCUT2D eigenvalue weighted by Crippen LogP contribution is 2.41. The number of hydrogen-bond donors (Lipinski definition) is 3. The molecule has 1 aliphatic carbocycles. The quantitative estimate of drug-likeness (QED) is 0.643. The van der Waals surface area contributed by atoms with Crippen LogP contribution >= 0.6 is 0 Å². The highest BCUT2D eigenvalue weighted by molar-refractivity contribution is 6.01. The van der Waals surface area contributed by atoms with Gasteiger partial charge in [0.2, 0.25) is 5.91 Å². The lowest BCUT2D eigenvalue weighted by atomic mass is 9.83. The van der Waals surface area contributed by atoms with Gasteiger partial charge in [-0.25, -0.2) is 0 Å². The summed E-state index contributed by atoms with van der Waals surface area (Å²) < 4.78 is 0. The van der Waals surface area contributed by atoms with Gasteiger partial charge in [-0.2, -0.15) is 0 Å². The largest absolute Gasteiger partial charge is 0.401 e. The molecular weight excluding hydrogens is 232 g/mol. The summed E-state index contributed by atoms with van der Waals surface area (Å²) in [6, 6.07) is 0. The third-order valence-corrected chi connectivity index (χ3v) is 3.53. The maximum Gasteiger partial charge on any atom is 0.252 e. The molecule has 0 spiro atoms. The molecule has 4 N–H and O–H groups in total. The maximum atomic E-state index is 11.6. The average molecular weight is 254 g/mol. The molecule has 0 aromatic carbocycles. The SMILES string of the molecule is CC(C)C(=O)NC(=O)C=C(N)C1(CO)CCCC1. The molecule has 102 valence electrons. The molecule has 0 bridgehead atoms. The number of hydrogen-bond acceptors (Lipinski definition) is 4. The van der Waals surface area contributed by atoms with E-state index in [9.17, 15) is 14.7 Å². The second-order valence-electron chi connectivity index (χ2n) is 5.25. The van der Waals surface area contributed by atoms with Crippen LogP contribution in [-0.4, -0.2) is 23.5 Å². The lowest BCUT2D eigenvalue weighted by Gasteiger charge is -2.26. The Bertz CT molecular complexity index is 355. The normalized spacial score (nSPS) is 19.0. The van der Waals surface area contributed by atoms with E-state index in [1.165, 1.54) is 6.08 Å². The van der Waals surface area contributed by atoms with Crippen molar-refractivity contribution in [2.75, 3.05) is 6.61 Å². The van der Waals surface area contributed by atoms with Crippen LogP contribution in [0.1, 0.15) is 39.5 Å². The molecule has 0 heterocycles. The first-order valence-electron chi connectivity index (χ1n) is 6.34. The first kappa shape index (κ1) is 14.7. The Balaban J connectivity index is 2.70. The van der Waals surface area contributed by atoms with Crippen LogP contribution in [0.3, 0.4) is 0 Å². The van der Waals surface area contributed by atoms with Crippen LogP contribution in [0.15, 0.2) is 11.8 Å². The van der Waals surface area contributed by atoms with Gasteiger partial charge in [0.1, 0.15) is 0 Å². The van der Waals surface area contributed by atoms with Crippen molar-refractivity contribution in [1.29, 1.82) is 0 Å². The molecule has 1 aliphatic rings. The zero-order valence-electron chi connectivity index (χ0n) is 11.0. The van der Waals surface area contributed by atoms with Gasteiger partial charge >= 0.3 is 0 Å². The van der Waals surface area contributed by atoms with Gasteiger partial charge in [-0.3, -0.25) is 14.9 Å². The number of imide groups is 1. The van der Waals surface area contributed by atoms with E-state index in [0.717, 1.165) is 25.7 Å². The van der Waals surface area contributed by atoms with Crippen LogP contribution in [0, 0.1) is 11.3 Å². The molecule has 0 unspecified atom stereocenters. The first-order valence-corrected chi connectivity index (χ1v) is 6.34. The predicted molar refractivity (Wildman–Crippen MR) is 68.2 cm³/mol. The van der Waals surface area contributed by atoms with Gasteiger partial charge in [0, 0.05) is 23.1 Å². The molecule has 0 radical (unpaired) electrons. The number of aliphatic hydroxyl groups excluding tert-OH is 1. The third kappa shape index (κ3) is 3.32. The van der Waals surface area contributed by atoms with Crippen molar-refractivity contribution in [3.8, 4) is 0 Å². The maximum absolute atomic E-state index is 11.6. The highest BCUT2D eigenvalue weighted by Gasteiger charge is 2.36. The minimum absolute atomic E-state index is 0.0548. The van der Waals surface area contributed by atoms with E-state index in [2.05, 4.69) is 5.32 Å². The van der Waals surface area contributed by atoms with Crippen LogP contribution in [0.4, 0.5) is 0 Å². The molecule has 0 aromatic rings. The lowest BCUT2D eigenvalue weighted by Crippen LogP contribution is -2.35. The summed E-state index contributed by atoms with van der Waals surface area (Å²) in [5.74, 6) is -1.08. The number of carbonyl (C=O) groups is 2. The Kier molecular flexibility index (Phi) is 4.90. The zero-order chi connectivity index (χ0) is 13.8. The van der Waals surface area contributed by atoms with Gasteiger partial charge < -0.3 is 10.8 Å². The van der Waals surface area contributed by atoms with Crippen molar-refractivity contribution < 1.29 is 14.7 Å². The second kappa shape index (κ2) is 6.00. The fraction of sp³-hybridized carbons (Fsp3) is 0.692. The van der Waals surface area contributed by atoms with Crippen molar-refractivity contribution >= 4 is 11.8 Å². The van der Waals surface area contributed by atoms with Gasteiger partial charge in [-0.1, -0.05) is 26.7 Å². The number of amides is 2. The molecule has 5 nitrogen and oxygen atoms in total. The summed E-state index contributed by atoms with van der Waals surface area (Å²) in [6.45, 7) is 3.37. The number of nitrogens with two attached hydrogens (primary N) is 1. The Morgan fingerprint density at radius 3 is 2.39 bits per heavy atom. The predicted octanol–water partition coefficient (Wildman–Crippen LogP) is 0.680. The topological polar surface area (TPSA) is 92.4 Å². The van der Waals surface area contributed by atoms with E-state index in [1.54, 1.807) is 13.8 Å². The van der Waals surface area contributed by atoms with Crippen molar-refractivity contribution in [2.24, 2.45) is 17.1 Å². The molecule has 0 aliphatic heterocycles. The smallest absolute Gasteiger partial charge is 0.252 e. The Labute approximate surface area is 107 Å². The third-order valence-electron chi connectivity index (χ3n) is 3.53. The number of rotatable bonds is 4. The first-order chi connectivity index (χ1) is 8.41. The van der Waals surface area contributed by atoms with Crippen molar-refractivity contribution in [2.45, 2.75) is 39.5 Å². The fourth-order valence-electron chi connectivity index (χ4n) is 2.19. The molecule has 1 saturated carbocycles. The number of aliphatic hydroxyl groups is 1.